The Morgan fingerprint density at radius 2 is 1.91 bits per heavy atom. The summed E-state index contributed by atoms with van der Waals surface area (Å²) >= 11 is 5.83. The molecule has 1 aromatic heterocycles. The van der Waals surface area contributed by atoms with Gasteiger partial charge in [0.2, 0.25) is 0 Å². The van der Waals surface area contributed by atoms with Crippen molar-refractivity contribution in [3.05, 3.63) is 47.2 Å². The van der Waals surface area contributed by atoms with Crippen LogP contribution in [-0.4, -0.2) is 44.3 Å². The summed E-state index contributed by atoms with van der Waals surface area (Å²) in [5.41, 5.74) is 0.961. The SMILES string of the molecule is CC(C)N(CC(=O)O)C(=O)c1ccn(-c2ccc(Cl)cc2)n1. The highest BCUT2D eigenvalue weighted by Gasteiger charge is 2.23. The smallest absolute Gasteiger partial charge is 0.323 e. The number of hydrogen-bond acceptors (Lipinski definition) is 3. The van der Waals surface area contributed by atoms with Crippen molar-refractivity contribution >= 4 is 23.5 Å². The average molecular weight is 322 g/mol. The number of carbonyl (C=O) groups is 2. The molecule has 1 aromatic carbocycles. The highest BCUT2D eigenvalue weighted by Crippen LogP contribution is 2.14. The summed E-state index contributed by atoms with van der Waals surface area (Å²) in [5.74, 6) is -1.47. The fourth-order valence-corrected chi connectivity index (χ4v) is 2.08. The van der Waals surface area contributed by atoms with Crippen molar-refractivity contribution in [3.8, 4) is 5.69 Å². The van der Waals surface area contributed by atoms with Gasteiger partial charge >= 0.3 is 5.97 Å². The van der Waals surface area contributed by atoms with Gasteiger partial charge in [0.05, 0.1) is 5.69 Å². The second-order valence-corrected chi connectivity index (χ2v) is 5.48. The van der Waals surface area contributed by atoms with Gasteiger partial charge < -0.3 is 10.0 Å². The number of halogens is 1. The number of nitrogens with zero attached hydrogens (tertiary/aromatic N) is 3. The van der Waals surface area contributed by atoms with Crippen LogP contribution in [0.2, 0.25) is 5.02 Å². The van der Waals surface area contributed by atoms with Crippen LogP contribution in [0.15, 0.2) is 36.5 Å². The average Bonchev–Trinajstić information content (AvgIpc) is 2.94. The Balaban J connectivity index is 2.24. The zero-order valence-corrected chi connectivity index (χ0v) is 13.0. The summed E-state index contributed by atoms with van der Waals surface area (Å²) in [4.78, 5) is 24.5. The van der Waals surface area contributed by atoms with E-state index in [4.69, 9.17) is 16.7 Å². The highest BCUT2D eigenvalue weighted by atomic mass is 35.5. The lowest BCUT2D eigenvalue weighted by atomic mass is 10.2. The number of carboxylic acids is 1. The molecule has 1 heterocycles. The van der Waals surface area contributed by atoms with E-state index in [0.717, 1.165) is 5.69 Å². The Labute approximate surface area is 132 Å². The predicted molar refractivity (Wildman–Crippen MR) is 82.4 cm³/mol. The molecule has 6 nitrogen and oxygen atoms in total. The first-order chi connectivity index (χ1) is 10.4. The minimum Gasteiger partial charge on any atom is -0.480 e. The van der Waals surface area contributed by atoms with E-state index < -0.39 is 11.9 Å². The van der Waals surface area contributed by atoms with Gasteiger partial charge in [-0.3, -0.25) is 9.59 Å². The lowest BCUT2D eigenvalue weighted by Gasteiger charge is -2.23. The van der Waals surface area contributed by atoms with E-state index in [0.29, 0.717) is 5.02 Å². The van der Waals surface area contributed by atoms with Crippen LogP contribution in [-0.2, 0) is 4.79 Å². The number of hydrogen-bond donors (Lipinski definition) is 1. The van der Waals surface area contributed by atoms with Crippen LogP contribution in [0.3, 0.4) is 0 Å². The minimum atomic E-state index is -1.06. The van der Waals surface area contributed by atoms with E-state index >= 15 is 0 Å². The maximum atomic E-state index is 12.4. The molecule has 0 fully saturated rings. The first-order valence-corrected chi connectivity index (χ1v) is 7.10. The molecule has 0 aliphatic carbocycles. The molecule has 0 saturated heterocycles. The van der Waals surface area contributed by atoms with Gasteiger partial charge in [-0.15, -0.1) is 0 Å². The molecule has 0 unspecified atom stereocenters. The van der Waals surface area contributed by atoms with Gasteiger partial charge in [0, 0.05) is 17.3 Å². The van der Waals surface area contributed by atoms with Crippen LogP contribution < -0.4 is 0 Å². The maximum absolute atomic E-state index is 12.4. The second-order valence-electron chi connectivity index (χ2n) is 5.04. The number of rotatable bonds is 5. The Bertz CT molecular complexity index is 680. The zero-order chi connectivity index (χ0) is 16.3. The summed E-state index contributed by atoms with van der Waals surface area (Å²) in [7, 11) is 0. The van der Waals surface area contributed by atoms with E-state index in [2.05, 4.69) is 5.10 Å². The summed E-state index contributed by atoms with van der Waals surface area (Å²) in [5, 5.41) is 13.7. The highest BCUT2D eigenvalue weighted by molar-refractivity contribution is 6.30. The molecule has 1 amide bonds. The van der Waals surface area contributed by atoms with Crippen LogP contribution in [0.4, 0.5) is 0 Å². The van der Waals surface area contributed by atoms with Gasteiger partial charge in [-0.25, -0.2) is 4.68 Å². The molecule has 0 aliphatic heterocycles. The molecule has 0 radical (unpaired) electrons. The van der Waals surface area contributed by atoms with Crippen molar-refractivity contribution in [3.63, 3.8) is 0 Å². The number of carboxylic acid groups (broad SMARTS) is 1. The molecule has 0 atom stereocenters. The molecule has 2 rings (SSSR count). The fourth-order valence-electron chi connectivity index (χ4n) is 1.96. The van der Waals surface area contributed by atoms with E-state index in [1.807, 2.05) is 0 Å². The van der Waals surface area contributed by atoms with Gasteiger partial charge in [-0.1, -0.05) is 11.6 Å². The maximum Gasteiger partial charge on any atom is 0.323 e. The van der Waals surface area contributed by atoms with Crippen molar-refractivity contribution in [2.45, 2.75) is 19.9 Å². The van der Waals surface area contributed by atoms with Crippen molar-refractivity contribution in [1.82, 2.24) is 14.7 Å². The molecular weight excluding hydrogens is 306 g/mol. The molecule has 0 bridgehead atoms. The van der Waals surface area contributed by atoms with Gasteiger partial charge in [0.25, 0.3) is 5.91 Å². The van der Waals surface area contributed by atoms with E-state index in [9.17, 15) is 9.59 Å². The first-order valence-electron chi connectivity index (χ1n) is 6.73. The number of amides is 1. The molecule has 7 heteroatoms. The largest absolute Gasteiger partial charge is 0.480 e. The third kappa shape index (κ3) is 3.65. The van der Waals surface area contributed by atoms with E-state index in [1.54, 1.807) is 55.1 Å². The summed E-state index contributed by atoms with van der Waals surface area (Å²) in [6.07, 6.45) is 1.65. The molecule has 2 aromatic rings. The molecular formula is C15H16ClN3O3. The predicted octanol–water partition coefficient (Wildman–Crippen LogP) is 2.46. The summed E-state index contributed by atoms with van der Waals surface area (Å²) < 4.78 is 1.54. The fraction of sp³-hybridized carbons (Fsp3) is 0.267. The lowest BCUT2D eigenvalue weighted by Crippen LogP contribution is -2.40. The molecule has 0 spiro atoms. The number of aromatic nitrogens is 2. The van der Waals surface area contributed by atoms with Crippen LogP contribution in [0.5, 0.6) is 0 Å². The molecule has 0 saturated carbocycles. The molecule has 0 aliphatic rings. The molecule has 22 heavy (non-hydrogen) atoms. The standard InChI is InChI=1S/C15H16ClN3O3/c1-10(2)18(9-14(20)21)15(22)13-7-8-19(17-13)12-5-3-11(16)4-6-12/h3-8,10H,9H2,1-2H3,(H,20,21). The van der Waals surface area contributed by atoms with Crippen LogP contribution >= 0.6 is 11.6 Å². The van der Waals surface area contributed by atoms with Crippen LogP contribution in [0.25, 0.3) is 5.69 Å². The monoisotopic (exact) mass is 321 g/mol. The van der Waals surface area contributed by atoms with Gasteiger partial charge in [0.1, 0.15) is 6.54 Å². The van der Waals surface area contributed by atoms with Crippen molar-refractivity contribution in [2.24, 2.45) is 0 Å². The zero-order valence-electron chi connectivity index (χ0n) is 12.2. The normalized spacial score (nSPS) is 10.7. The van der Waals surface area contributed by atoms with Gasteiger partial charge in [0.15, 0.2) is 5.69 Å². The van der Waals surface area contributed by atoms with Gasteiger partial charge in [-0.05, 0) is 44.2 Å². The first kappa shape index (κ1) is 16.0. The van der Waals surface area contributed by atoms with Gasteiger partial charge in [-0.2, -0.15) is 5.10 Å². The van der Waals surface area contributed by atoms with Crippen molar-refractivity contribution in [2.75, 3.05) is 6.54 Å². The molecule has 116 valence electrons. The Morgan fingerprint density at radius 1 is 1.27 bits per heavy atom. The third-order valence-electron chi connectivity index (χ3n) is 3.09. The number of carbonyl (C=O) groups excluding carboxylic acids is 1. The van der Waals surface area contributed by atoms with E-state index in [1.165, 1.54) is 4.90 Å². The van der Waals surface area contributed by atoms with Crippen LogP contribution in [0, 0.1) is 0 Å². The van der Waals surface area contributed by atoms with Crippen molar-refractivity contribution < 1.29 is 14.7 Å². The Kier molecular flexibility index (Phi) is 4.82. The van der Waals surface area contributed by atoms with Crippen LogP contribution in [0.1, 0.15) is 24.3 Å². The lowest BCUT2D eigenvalue weighted by molar-refractivity contribution is -0.138. The third-order valence-corrected chi connectivity index (χ3v) is 3.34. The number of benzene rings is 1. The quantitative estimate of drug-likeness (QED) is 0.918. The minimum absolute atomic E-state index is 0.199. The second kappa shape index (κ2) is 6.62. The summed E-state index contributed by atoms with van der Waals surface area (Å²) in [6.45, 7) is 3.17. The number of aliphatic carboxylic acids is 1. The molecule has 1 N–H and O–H groups in total. The Morgan fingerprint density at radius 3 is 2.45 bits per heavy atom. The Hall–Kier alpha value is -2.34. The summed E-state index contributed by atoms with van der Waals surface area (Å²) in [6, 6.07) is 8.34. The van der Waals surface area contributed by atoms with Crippen molar-refractivity contribution in [1.29, 1.82) is 0 Å². The topological polar surface area (TPSA) is 75.4 Å². The van der Waals surface area contributed by atoms with E-state index in [-0.39, 0.29) is 18.3 Å².